The maximum absolute atomic E-state index is 13.1. The Bertz CT molecular complexity index is 685. The molecule has 2 heterocycles. The topological polar surface area (TPSA) is 131 Å². The monoisotopic (exact) mass is 377 g/mol. The first-order valence-corrected chi connectivity index (χ1v) is 10.0. The predicted molar refractivity (Wildman–Crippen MR) is 100 cm³/mol. The third-order valence-electron chi connectivity index (χ3n) is 5.30. The zero-order valence-corrected chi connectivity index (χ0v) is 15.6. The summed E-state index contributed by atoms with van der Waals surface area (Å²) in [5, 5.41) is 13.5. The fourth-order valence-corrected chi connectivity index (χ4v) is 4.62. The number of hydrogen-bond acceptors (Lipinski definition) is 7. The summed E-state index contributed by atoms with van der Waals surface area (Å²) in [6.07, 6.45) is 11.4. The number of H-pyrrole nitrogens is 1. The van der Waals surface area contributed by atoms with Crippen LogP contribution in [0.1, 0.15) is 49.2 Å². The summed E-state index contributed by atoms with van der Waals surface area (Å²) in [7, 11) is 0. The fraction of sp³-hybridized carbons (Fsp3) is 0.611. The Morgan fingerprint density at radius 1 is 1.35 bits per heavy atom. The van der Waals surface area contributed by atoms with Crippen LogP contribution in [0.15, 0.2) is 24.1 Å². The van der Waals surface area contributed by atoms with E-state index < -0.39 is 23.5 Å². The van der Waals surface area contributed by atoms with Gasteiger partial charge in [0, 0.05) is 30.2 Å². The van der Waals surface area contributed by atoms with Crippen LogP contribution in [0.25, 0.3) is 0 Å². The van der Waals surface area contributed by atoms with Crippen LogP contribution in [0.3, 0.4) is 0 Å². The van der Waals surface area contributed by atoms with Crippen molar-refractivity contribution in [3.05, 3.63) is 34.8 Å². The van der Waals surface area contributed by atoms with Gasteiger partial charge in [-0.25, -0.2) is 9.97 Å². The maximum Gasteiger partial charge on any atom is 0.191 e. The van der Waals surface area contributed by atoms with Gasteiger partial charge in [0.1, 0.15) is 5.01 Å². The third kappa shape index (κ3) is 4.03. The van der Waals surface area contributed by atoms with Crippen molar-refractivity contribution < 1.29 is 9.90 Å². The summed E-state index contributed by atoms with van der Waals surface area (Å²) in [5.74, 6) is -0.0561. The number of hydrogen-bond donors (Lipinski definition) is 4. The molecule has 0 saturated heterocycles. The molecular formula is C18H27N5O2S. The molecule has 0 radical (unpaired) electrons. The van der Waals surface area contributed by atoms with Crippen LogP contribution in [-0.2, 0) is 16.8 Å². The number of rotatable bonds is 8. The van der Waals surface area contributed by atoms with Gasteiger partial charge < -0.3 is 21.6 Å². The van der Waals surface area contributed by atoms with E-state index in [1.165, 1.54) is 36.9 Å². The van der Waals surface area contributed by atoms with Crippen LogP contribution in [0.4, 0.5) is 0 Å². The Kier molecular flexibility index (Phi) is 6.18. The van der Waals surface area contributed by atoms with Crippen molar-refractivity contribution in [2.75, 3.05) is 0 Å². The molecule has 0 unspecified atom stereocenters. The lowest BCUT2D eigenvalue weighted by molar-refractivity contribution is -0.143. The Morgan fingerprint density at radius 3 is 2.73 bits per heavy atom. The molecule has 7 nitrogen and oxygen atoms in total. The lowest BCUT2D eigenvalue weighted by Gasteiger charge is -2.35. The Morgan fingerprint density at radius 2 is 2.12 bits per heavy atom. The fourth-order valence-electron chi connectivity index (χ4n) is 3.81. The number of carbonyl (C=O) groups excluding carboxylic acids is 1. The van der Waals surface area contributed by atoms with Gasteiger partial charge in [0.05, 0.1) is 18.1 Å². The molecule has 0 aromatic carbocycles. The Labute approximate surface area is 157 Å². The van der Waals surface area contributed by atoms with Gasteiger partial charge >= 0.3 is 0 Å². The minimum atomic E-state index is -1.86. The van der Waals surface area contributed by atoms with E-state index in [4.69, 9.17) is 11.5 Å². The minimum absolute atomic E-state index is 0.242. The molecule has 2 aromatic rings. The van der Waals surface area contributed by atoms with Gasteiger partial charge in [0.25, 0.3) is 0 Å². The number of thiazole rings is 1. The van der Waals surface area contributed by atoms with Crippen LogP contribution in [0.5, 0.6) is 0 Å². The summed E-state index contributed by atoms with van der Waals surface area (Å²) in [6, 6.07) is -1.63. The molecule has 1 aliphatic rings. The average molecular weight is 378 g/mol. The number of nitrogens with one attached hydrogen (secondary N) is 1. The first-order chi connectivity index (χ1) is 12.5. The highest BCUT2D eigenvalue weighted by Crippen LogP contribution is 2.35. The van der Waals surface area contributed by atoms with Crippen LogP contribution >= 0.6 is 11.3 Å². The molecule has 2 aromatic heterocycles. The molecule has 1 aliphatic carbocycles. The number of aliphatic hydroxyl groups is 1. The number of nitrogens with zero attached hydrogens (tertiary/aromatic N) is 2. The van der Waals surface area contributed by atoms with E-state index in [9.17, 15) is 9.90 Å². The summed E-state index contributed by atoms with van der Waals surface area (Å²) in [4.78, 5) is 24.3. The summed E-state index contributed by atoms with van der Waals surface area (Å²) >= 11 is 1.23. The van der Waals surface area contributed by atoms with E-state index in [0.717, 1.165) is 12.8 Å². The number of carbonyl (C=O) groups is 1. The second kappa shape index (κ2) is 8.39. The Balaban J connectivity index is 1.79. The van der Waals surface area contributed by atoms with E-state index >= 15 is 0 Å². The van der Waals surface area contributed by atoms with Crippen molar-refractivity contribution in [3.8, 4) is 0 Å². The molecule has 0 amide bonds. The highest BCUT2D eigenvalue weighted by atomic mass is 32.1. The second-order valence-corrected chi connectivity index (χ2v) is 8.08. The molecule has 0 aliphatic heterocycles. The van der Waals surface area contributed by atoms with Crippen molar-refractivity contribution in [3.63, 3.8) is 0 Å². The van der Waals surface area contributed by atoms with Gasteiger partial charge in [0.2, 0.25) is 0 Å². The zero-order chi connectivity index (χ0) is 18.6. The summed E-state index contributed by atoms with van der Waals surface area (Å²) in [5.41, 5.74) is 11.3. The van der Waals surface area contributed by atoms with Crippen molar-refractivity contribution in [2.45, 2.75) is 62.6 Å². The zero-order valence-electron chi connectivity index (χ0n) is 14.8. The molecule has 26 heavy (non-hydrogen) atoms. The molecule has 0 bridgehead atoms. The maximum atomic E-state index is 13.1. The molecule has 1 fully saturated rings. The number of aromatic amines is 1. The lowest BCUT2D eigenvalue weighted by atomic mass is 9.77. The van der Waals surface area contributed by atoms with Gasteiger partial charge in [-0.2, -0.15) is 0 Å². The first kappa shape index (κ1) is 19.2. The van der Waals surface area contributed by atoms with Crippen LogP contribution in [0.2, 0.25) is 0 Å². The van der Waals surface area contributed by atoms with Crippen LogP contribution in [-0.4, -0.2) is 37.9 Å². The van der Waals surface area contributed by atoms with Crippen molar-refractivity contribution in [1.82, 2.24) is 15.0 Å². The number of imidazole rings is 1. The van der Waals surface area contributed by atoms with E-state index in [2.05, 4.69) is 15.0 Å². The third-order valence-corrected chi connectivity index (χ3v) is 6.20. The summed E-state index contributed by atoms with van der Waals surface area (Å²) < 4.78 is 0. The first-order valence-electron chi connectivity index (χ1n) is 9.17. The van der Waals surface area contributed by atoms with Gasteiger partial charge in [0.15, 0.2) is 11.4 Å². The van der Waals surface area contributed by atoms with Crippen LogP contribution in [0, 0.1) is 5.92 Å². The predicted octanol–water partition coefficient (Wildman–Crippen LogP) is 1.49. The smallest absolute Gasteiger partial charge is 0.191 e. The van der Waals surface area contributed by atoms with E-state index in [1.807, 2.05) is 0 Å². The molecule has 0 spiro atoms. The van der Waals surface area contributed by atoms with Gasteiger partial charge in [-0.15, -0.1) is 11.3 Å². The molecule has 1 saturated carbocycles. The van der Waals surface area contributed by atoms with Gasteiger partial charge in [-0.3, -0.25) is 4.79 Å². The van der Waals surface area contributed by atoms with Crippen molar-refractivity contribution >= 4 is 17.1 Å². The largest absolute Gasteiger partial charge is 0.374 e. The minimum Gasteiger partial charge on any atom is -0.374 e. The highest BCUT2D eigenvalue weighted by molar-refractivity contribution is 7.09. The SMILES string of the molecule is N[C@@H](Cc1c[nH]cn1)C(=O)[C@@](O)(c1nccs1)[C@@H](N)CC1CCCCC1. The quantitative estimate of drug-likeness (QED) is 0.551. The van der Waals surface area contributed by atoms with E-state index in [0.29, 0.717) is 23.0 Å². The molecule has 8 heteroatoms. The molecular weight excluding hydrogens is 350 g/mol. The van der Waals surface area contributed by atoms with Gasteiger partial charge in [-0.1, -0.05) is 32.1 Å². The standard InChI is InChI=1S/C18H27N5O2S/c19-14(9-13-10-21-11-23-13)16(24)18(25,17-22-6-7-26-17)15(20)8-12-4-2-1-3-5-12/h6-7,10-12,14-15,25H,1-5,8-9,19-20H2,(H,21,23)/t14-,15-,18+/m0/s1. The summed E-state index contributed by atoms with van der Waals surface area (Å²) in [6.45, 7) is 0. The Hall–Kier alpha value is -1.61. The average Bonchev–Trinajstić information content (AvgIpc) is 3.35. The van der Waals surface area contributed by atoms with Crippen molar-refractivity contribution in [2.24, 2.45) is 17.4 Å². The van der Waals surface area contributed by atoms with Crippen molar-refractivity contribution in [1.29, 1.82) is 0 Å². The molecule has 6 N–H and O–H groups in total. The normalized spacial score (nSPS) is 20.4. The second-order valence-electron chi connectivity index (χ2n) is 7.19. The van der Waals surface area contributed by atoms with E-state index in [1.54, 1.807) is 17.8 Å². The number of ketones is 1. The number of aromatic nitrogens is 3. The van der Waals surface area contributed by atoms with Crippen LogP contribution < -0.4 is 11.5 Å². The number of Topliss-reactive ketones (excluding diaryl/α,β-unsaturated/α-hetero) is 1. The van der Waals surface area contributed by atoms with E-state index in [-0.39, 0.29) is 6.42 Å². The lowest BCUT2D eigenvalue weighted by Crippen LogP contribution is -2.57. The number of nitrogens with two attached hydrogens (primary N) is 2. The molecule has 3 atom stereocenters. The molecule has 3 rings (SSSR count). The van der Waals surface area contributed by atoms with Gasteiger partial charge in [-0.05, 0) is 12.3 Å². The molecule has 142 valence electrons. The highest BCUT2D eigenvalue weighted by Gasteiger charge is 2.48.